The van der Waals surface area contributed by atoms with Gasteiger partial charge in [-0.15, -0.1) is 0 Å². The molecule has 0 radical (unpaired) electrons. The standard InChI is InChI=1S/C24H31N3O2/c1-18(28)25-21-14-12-19(13-15-21)16-24(29)26-23-11-7-6-8-20(23)17-27(2)22-9-4-3-5-10-22/h6-8,11-15,22H,3-5,9-10,16-17H2,1-2H3,(H,25,28)(H,26,29). The maximum atomic E-state index is 12.6. The van der Waals surface area contributed by atoms with Gasteiger partial charge in [0, 0.05) is 30.9 Å². The second-order valence-corrected chi connectivity index (χ2v) is 7.97. The molecule has 1 aliphatic carbocycles. The van der Waals surface area contributed by atoms with Crippen LogP contribution in [-0.4, -0.2) is 29.8 Å². The van der Waals surface area contributed by atoms with Crippen molar-refractivity contribution in [3.05, 3.63) is 59.7 Å². The van der Waals surface area contributed by atoms with E-state index in [1.165, 1.54) is 39.0 Å². The van der Waals surface area contributed by atoms with E-state index in [4.69, 9.17) is 0 Å². The van der Waals surface area contributed by atoms with Crippen molar-refractivity contribution < 1.29 is 9.59 Å². The lowest BCUT2D eigenvalue weighted by molar-refractivity contribution is -0.116. The monoisotopic (exact) mass is 393 g/mol. The van der Waals surface area contributed by atoms with Crippen molar-refractivity contribution in [1.82, 2.24) is 4.90 Å². The summed E-state index contributed by atoms with van der Waals surface area (Å²) in [5, 5.41) is 5.81. The number of hydrogen-bond acceptors (Lipinski definition) is 3. The molecule has 2 aromatic carbocycles. The van der Waals surface area contributed by atoms with Gasteiger partial charge in [-0.2, -0.15) is 0 Å². The zero-order valence-electron chi connectivity index (χ0n) is 17.4. The molecule has 0 heterocycles. The van der Waals surface area contributed by atoms with Gasteiger partial charge in [-0.25, -0.2) is 0 Å². The third kappa shape index (κ3) is 6.43. The minimum Gasteiger partial charge on any atom is -0.326 e. The first-order valence-corrected chi connectivity index (χ1v) is 10.5. The molecule has 0 saturated heterocycles. The Morgan fingerprint density at radius 2 is 1.66 bits per heavy atom. The van der Waals surface area contributed by atoms with Gasteiger partial charge in [-0.3, -0.25) is 14.5 Å². The second-order valence-electron chi connectivity index (χ2n) is 7.97. The predicted octanol–water partition coefficient (Wildman–Crippen LogP) is 4.59. The summed E-state index contributed by atoms with van der Waals surface area (Å²) in [6, 6.07) is 16.1. The number of carbonyl (C=O) groups is 2. The van der Waals surface area contributed by atoms with Crippen molar-refractivity contribution in [2.24, 2.45) is 0 Å². The maximum Gasteiger partial charge on any atom is 0.228 e. The third-order valence-electron chi connectivity index (χ3n) is 5.55. The lowest BCUT2D eigenvalue weighted by atomic mass is 9.94. The van der Waals surface area contributed by atoms with Gasteiger partial charge in [-0.05, 0) is 49.2 Å². The lowest BCUT2D eigenvalue weighted by Gasteiger charge is -2.31. The number of hydrogen-bond donors (Lipinski definition) is 2. The van der Waals surface area contributed by atoms with E-state index in [0.29, 0.717) is 12.5 Å². The molecular formula is C24H31N3O2. The molecule has 0 unspecified atom stereocenters. The van der Waals surface area contributed by atoms with Crippen LogP contribution in [0.1, 0.15) is 50.2 Å². The summed E-state index contributed by atoms with van der Waals surface area (Å²) >= 11 is 0. The molecule has 2 aromatic rings. The number of amides is 2. The molecule has 0 atom stereocenters. The van der Waals surface area contributed by atoms with Gasteiger partial charge in [0.2, 0.25) is 11.8 Å². The number of benzene rings is 2. The lowest BCUT2D eigenvalue weighted by Crippen LogP contribution is -2.33. The van der Waals surface area contributed by atoms with Gasteiger partial charge in [0.05, 0.1) is 6.42 Å². The van der Waals surface area contributed by atoms with E-state index in [0.717, 1.165) is 29.0 Å². The van der Waals surface area contributed by atoms with E-state index in [2.05, 4.69) is 28.6 Å². The molecule has 0 aliphatic heterocycles. The Morgan fingerprint density at radius 1 is 0.966 bits per heavy atom. The number of carbonyl (C=O) groups excluding carboxylic acids is 2. The van der Waals surface area contributed by atoms with Crippen LogP contribution in [0.5, 0.6) is 0 Å². The first kappa shape index (κ1) is 21.1. The summed E-state index contributed by atoms with van der Waals surface area (Å²) in [7, 11) is 2.19. The summed E-state index contributed by atoms with van der Waals surface area (Å²) in [5.74, 6) is -0.143. The van der Waals surface area contributed by atoms with E-state index < -0.39 is 0 Å². The third-order valence-corrected chi connectivity index (χ3v) is 5.55. The number of anilines is 2. The van der Waals surface area contributed by atoms with Crippen LogP contribution in [0.4, 0.5) is 11.4 Å². The average molecular weight is 394 g/mol. The van der Waals surface area contributed by atoms with E-state index in [1.807, 2.05) is 42.5 Å². The molecule has 1 fully saturated rings. The molecule has 3 rings (SSSR count). The van der Waals surface area contributed by atoms with Crippen LogP contribution in [0.15, 0.2) is 48.5 Å². The first-order valence-electron chi connectivity index (χ1n) is 10.5. The zero-order valence-corrected chi connectivity index (χ0v) is 17.4. The maximum absolute atomic E-state index is 12.6. The van der Waals surface area contributed by atoms with Crippen LogP contribution in [0, 0.1) is 0 Å². The molecule has 1 saturated carbocycles. The SMILES string of the molecule is CC(=O)Nc1ccc(CC(=O)Nc2ccccc2CN(C)C2CCCCC2)cc1. The average Bonchev–Trinajstić information content (AvgIpc) is 2.71. The van der Waals surface area contributed by atoms with Crippen molar-refractivity contribution in [1.29, 1.82) is 0 Å². The fourth-order valence-electron chi connectivity index (χ4n) is 3.99. The minimum atomic E-state index is -0.106. The summed E-state index contributed by atoms with van der Waals surface area (Å²) in [5.41, 5.74) is 3.68. The molecule has 0 spiro atoms. The highest BCUT2D eigenvalue weighted by Crippen LogP contribution is 2.25. The first-order chi connectivity index (χ1) is 14.0. The van der Waals surface area contributed by atoms with Crippen LogP contribution in [0.25, 0.3) is 0 Å². The van der Waals surface area contributed by atoms with Gasteiger partial charge >= 0.3 is 0 Å². The fraction of sp³-hybridized carbons (Fsp3) is 0.417. The number of nitrogens with zero attached hydrogens (tertiary/aromatic N) is 1. The largest absolute Gasteiger partial charge is 0.326 e. The molecule has 0 aromatic heterocycles. The number of nitrogens with one attached hydrogen (secondary N) is 2. The fourth-order valence-corrected chi connectivity index (χ4v) is 3.99. The second kappa shape index (κ2) is 10.2. The van der Waals surface area contributed by atoms with Crippen molar-refractivity contribution in [2.45, 2.75) is 58.0 Å². The minimum absolute atomic E-state index is 0.0370. The Bertz CT molecular complexity index is 826. The quantitative estimate of drug-likeness (QED) is 0.723. The summed E-state index contributed by atoms with van der Waals surface area (Å²) in [6.45, 7) is 2.32. The predicted molar refractivity (Wildman–Crippen MR) is 118 cm³/mol. The van der Waals surface area contributed by atoms with Crippen LogP contribution in [0.2, 0.25) is 0 Å². The normalized spacial score (nSPS) is 14.6. The molecule has 2 amide bonds. The van der Waals surface area contributed by atoms with Crippen LogP contribution in [0.3, 0.4) is 0 Å². The van der Waals surface area contributed by atoms with Gasteiger partial charge in [0.25, 0.3) is 0 Å². The Hall–Kier alpha value is -2.66. The molecule has 154 valence electrons. The Morgan fingerprint density at radius 3 is 2.34 bits per heavy atom. The molecular weight excluding hydrogens is 362 g/mol. The molecule has 29 heavy (non-hydrogen) atoms. The van der Waals surface area contributed by atoms with Crippen LogP contribution >= 0.6 is 0 Å². The van der Waals surface area contributed by atoms with Gasteiger partial charge < -0.3 is 10.6 Å². The topological polar surface area (TPSA) is 61.4 Å². The van der Waals surface area contributed by atoms with E-state index in [-0.39, 0.29) is 11.8 Å². The molecule has 0 bridgehead atoms. The van der Waals surface area contributed by atoms with Crippen molar-refractivity contribution in [3.8, 4) is 0 Å². The van der Waals surface area contributed by atoms with Gasteiger partial charge in [-0.1, -0.05) is 49.6 Å². The smallest absolute Gasteiger partial charge is 0.228 e. The highest BCUT2D eigenvalue weighted by molar-refractivity contribution is 5.93. The summed E-state index contributed by atoms with van der Waals surface area (Å²) in [4.78, 5) is 26.1. The Kier molecular flexibility index (Phi) is 7.42. The zero-order chi connectivity index (χ0) is 20.6. The van der Waals surface area contributed by atoms with E-state index >= 15 is 0 Å². The van der Waals surface area contributed by atoms with Crippen LogP contribution in [-0.2, 0) is 22.6 Å². The Balaban J connectivity index is 1.59. The molecule has 5 heteroatoms. The number of para-hydroxylation sites is 1. The Labute approximate surface area is 173 Å². The van der Waals surface area contributed by atoms with E-state index in [9.17, 15) is 9.59 Å². The van der Waals surface area contributed by atoms with Crippen molar-refractivity contribution in [2.75, 3.05) is 17.7 Å². The summed E-state index contributed by atoms with van der Waals surface area (Å²) < 4.78 is 0. The van der Waals surface area contributed by atoms with Gasteiger partial charge in [0.1, 0.15) is 0 Å². The molecule has 2 N–H and O–H groups in total. The van der Waals surface area contributed by atoms with Crippen molar-refractivity contribution in [3.63, 3.8) is 0 Å². The van der Waals surface area contributed by atoms with Crippen LogP contribution < -0.4 is 10.6 Å². The van der Waals surface area contributed by atoms with E-state index in [1.54, 1.807) is 0 Å². The van der Waals surface area contributed by atoms with Crippen molar-refractivity contribution >= 4 is 23.2 Å². The molecule has 5 nitrogen and oxygen atoms in total. The van der Waals surface area contributed by atoms with Gasteiger partial charge in [0.15, 0.2) is 0 Å². The summed E-state index contributed by atoms with van der Waals surface area (Å²) in [6.07, 6.45) is 6.80. The number of rotatable bonds is 7. The highest BCUT2D eigenvalue weighted by Gasteiger charge is 2.19. The molecule has 1 aliphatic rings. The highest BCUT2D eigenvalue weighted by atomic mass is 16.2.